The number of carbonyl (C=O) groups is 2. The summed E-state index contributed by atoms with van der Waals surface area (Å²) in [6, 6.07) is 12.3. The number of ether oxygens (including phenoxy) is 1. The molecule has 0 aliphatic heterocycles. The Morgan fingerprint density at radius 1 is 1.12 bits per heavy atom. The molecule has 0 spiro atoms. The smallest absolute Gasteiger partial charge is 0.308 e. The number of aryl methyl sites for hydroxylation is 1. The third-order valence-corrected chi connectivity index (χ3v) is 3.91. The molecule has 0 fully saturated rings. The number of esters is 1. The molecule has 4 nitrogen and oxygen atoms in total. The molecule has 0 aromatic heterocycles. The molecule has 0 aliphatic rings. The Balaban J connectivity index is 1.98. The summed E-state index contributed by atoms with van der Waals surface area (Å²) in [5.74, 6) is -0.602. The lowest BCUT2D eigenvalue weighted by Crippen LogP contribution is -2.13. The lowest BCUT2D eigenvalue weighted by atomic mass is 10.1. The van der Waals surface area contributed by atoms with Gasteiger partial charge in [0.25, 0.3) is 5.91 Å². The molecule has 0 unspecified atom stereocenters. The molecule has 0 heterocycles. The maximum absolute atomic E-state index is 12.2. The molecule has 0 radical (unpaired) electrons. The van der Waals surface area contributed by atoms with Crippen LogP contribution in [0.3, 0.4) is 0 Å². The summed E-state index contributed by atoms with van der Waals surface area (Å²) >= 11 is 5.97. The highest BCUT2D eigenvalue weighted by Crippen LogP contribution is 2.20. The first-order valence-electron chi connectivity index (χ1n) is 7.70. The average molecular weight is 346 g/mol. The van der Waals surface area contributed by atoms with Crippen molar-refractivity contribution in [3.05, 3.63) is 64.2 Å². The Bertz CT molecular complexity index is 739. The van der Waals surface area contributed by atoms with Gasteiger partial charge in [-0.05, 0) is 48.4 Å². The van der Waals surface area contributed by atoms with Crippen molar-refractivity contribution in [2.75, 3.05) is 5.32 Å². The molecule has 2 rings (SSSR count). The van der Waals surface area contributed by atoms with E-state index in [0.717, 1.165) is 11.1 Å². The topological polar surface area (TPSA) is 55.4 Å². The zero-order chi connectivity index (χ0) is 17.7. The summed E-state index contributed by atoms with van der Waals surface area (Å²) in [6.45, 7) is 5.66. The molecule has 24 heavy (non-hydrogen) atoms. The van der Waals surface area contributed by atoms with Crippen molar-refractivity contribution in [1.82, 2.24) is 0 Å². The number of hydrogen-bond acceptors (Lipinski definition) is 3. The van der Waals surface area contributed by atoms with Crippen molar-refractivity contribution >= 4 is 29.2 Å². The summed E-state index contributed by atoms with van der Waals surface area (Å²) in [4.78, 5) is 23.7. The Labute approximate surface area is 146 Å². The lowest BCUT2D eigenvalue weighted by Gasteiger charge is -2.09. The van der Waals surface area contributed by atoms with Crippen LogP contribution in [0.4, 0.5) is 5.69 Å². The van der Waals surface area contributed by atoms with Gasteiger partial charge in [0.2, 0.25) is 0 Å². The van der Waals surface area contributed by atoms with Gasteiger partial charge in [0.15, 0.2) is 0 Å². The fourth-order valence-electron chi connectivity index (χ4n) is 2.00. The molecular weight excluding hydrogens is 326 g/mol. The predicted octanol–water partition coefficient (Wildman–Crippen LogP) is 4.60. The quantitative estimate of drug-likeness (QED) is 0.806. The van der Waals surface area contributed by atoms with Crippen molar-refractivity contribution in [2.45, 2.75) is 27.4 Å². The van der Waals surface area contributed by atoms with E-state index in [1.165, 1.54) is 0 Å². The van der Waals surface area contributed by atoms with Crippen molar-refractivity contribution in [2.24, 2.45) is 5.92 Å². The number of carbonyl (C=O) groups excluding carboxylic acids is 2. The highest BCUT2D eigenvalue weighted by atomic mass is 35.5. The van der Waals surface area contributed by atoms with Gasteiger partial charge in [-0.1, -0.05) is 37.6 Å². The van der Waals surface area contributed by atoms with Gasteiger partial charge in [-0.15, -0.1) is 0 Å². The molecule has 126 valence electrons. The van der Waals surface area contributed by atoms with E-state index in [1.807, 2.05) is 13.0 Å². The highest BCUT2D eigenvalue weighted by molar-refractivity contribution is 6.31. The summed E-state index contributed by atoms with van der Waals surface area (Å²) in [5.41, 5.74) is 2.96. The van der Waals surface area contributed by atoms with Crippen molar-refractivity contribution in [3.8, 4) is 0 Å². The number of hydrogen-bond donors (Lipinski definition) is 1. The molecule has 0 saturated carbocycles. The van der Waals surface area contributed by atoms with Crippen LogP contribution < -0.4 is 5.32 Å². The minimum Gasteiger partial charge on any atom is -0.461 e. The fourth-order valence-corrected chi connectivity index (χ4v) is 2.12. The van der Waals surface area contributed by atoms with E-state index >= 15 is 0 Å². The van der Waals surface area contributed by atoms with Crippen LogP contribution in [0.15, 0.2) is 42.5 Å². The molecule has 0 saturated heterocycles. The van der Waals surface area contributed by atoms with Crippen LogP contribution in [0.25, 0.3) is 0 Å². The highest BCUT2D eigenvalue weighted by Gasteiger charge is 2.10. The van der Waals surface area contributed by atoms with E-state index in [1.54, 1.807) is 50.2 Å². The third kappa shape index (κ3) is 4.83. The van der Waals surface area contributed by atoms with Gasteiger partial charge in [0.1, 0.15) is 6.61 Å². The fraction of sp³-hybridized carbons (Fsp3) is 0.263. The molecule has 0 aliphatic carbocycles. The first-order valence-corrected chi connectivity index (χ1v) is 8.07. The lowest BCUT2D eigenvalue weighted by molar-refractivity contribution is -0.148. The van der Waals surface area contributed by atoms with Crippen LogP contribution in [0.5, 0.6) is 0 Å². The number of anilines is 1. The first kappa shape index (κ1) is 18.0. The minimum atomic E-state index is -0.241. The van der Waals surface area contributed by atoms with Gasteiger partial charge in [-0.3, -0.25) is 9.59 Å². The number of benzene rings is 2. The molecule has 2 aromatic carbocycles. The number of amides is 1. The van der Waals surface area contributed by atoms with Gasteiger partial charge in [-0.25, -0.2) is 0 Å². The summed E-state index contributed by atoms with van der Waals surface area (Å²) in [6.07, 6.45) is 0. The van der Waals surface area contributed by atoms with E-state index < -0.39 is 0 Å². The summed E-state index contributed by atoms with van der Waals surface area (Å²) < 4.78 is 5.16. The van der Waals surface area contributed by atoms with Crippen LogP contribution in [0.2, 0.25) is 5.02 Å². The Kier molecular flexibility index (Phi) is 5.99. The van der Waals surface area contributed by atoms with Crippen LogP contribution in [-0.4, -0.2) is 11.9 Å². The second-order valence-corrected chi connectivity index (χ2v) is 6.28. The van der Waals surface area contributed by atoms with Crippen LogP contribution in [-0.2, 0) is 16.1 Å². The Morgan fingerprint density at radius 3 is 2.38 bits per heavy atom. The van der Waals surface area contributed by atoms with E-state index in [4.69, 9.17) is 16.3 Å². The second-order valence-electron chi connectivity index (χ2n) is 5.88. The maximum Gasteiger partial charge on any atom is 0.308 e. The molecule has 0 bridgehead atoms. The monoisotopic (exact) mass is 345 g/mol. The predicted molar refractivity (Wildman–Crippen MR) is 95.2 cm³/mol. The zero-order valence-corrected chi connectivity index (χ0v) is 14.7. The molecule has 5 heteroatoms. The van der Waals surface area contributed by atoms with Crippen LogP contribution >= 0.6 is 11.6 Å². The second kappa shape index (κ2) is 7.97. The van der Waals surface area contributed by atoms with Gasteiger partial charge in [0.05, 0.1) is 5.92 Å². The van der Waals surface area contributed by atoms with Crippen molar-refractivity contribution < 1.29 is 14.3 Å². The molecular formula is C19H20ClNO3. The molecule has 0 atom stereocenters. The van der Waals surface area contributed by atoms with E-state index in [-0.39, 0.29) is 24.4 Å². The number of nitrogens with one attached hydrogen (secondary N) is 1. The van der Waals surface area contributed by atoms with Crippen molar-refractivity contribution in [1.29, 1.82) is 0 Å². The first-order chi connectivity index (χ1) is 11.4. The number of rotatable bonds is 5. The Morgan fingerprint density at radius 2 is 1.79 bits per heavy atom. The maximum atomic E-state index is 12.2. The van der Waals surface area contributed by atoms with Gasteiger partial charge in [0, 0.05) is 16.3 Å². The molecule has 1 amide bonds. The Hall–Kier alpha value is -2.33. The summed E-state index contributed by atoms with van der Waals surface area (Å²) in [5, 5.41) is 3.49. The van der Waals surface area contributed by atoms with Gasteiger partial charge < -0.3 is 10.1 Å². The average Bonchev–Trinajstić information content (AvgIpc) is 2.56. The molecule has 2 aromatic rings. The minimum absolute atomic E-state index is 0.155. The van der Waals surface area contributed by atoms with E-state index in [9.17, 15) is 9.59 Å². The van der Waals surface area contributed by atoms with Crippen LogP contribution in [0.1, 0.15) is 35.3 Å². The summed E-state index contributed by atoms with van der Waals surface area (Å²) in [7, 11) is 0. The van der Waals surface area contributed by atoms with E-state index in [2.05, 4.69) is 5.32 Å². The van der Waals surface area contributed by atoms with Crippen molar-refractivity contribution in [3.63, 3.8) is 0 Å². The standard InChI is InChI=1S/C19H20ClNO3/c1-12(2)19(23)24-11-14-4-6-15(7-5-14)18(22)21-16-8-9-17(20)13(3)10-16/h4-10,12H,11H2,1-3H3,(H,21,22). The SMILES string of the molecule is Cc1cc(NC(=O)c2ccc(COC(=O)C(C)C)cc2)ccc1Cl. The van der Waals surface area contributed by atoms with E-state index in [0.29, 0.717) is 16.3 Å². The van der Waals surface area contributed by atoms with Crippen LogP contribution in [0, 0.1) is 12.8 Å². The zero-order valence-electron chi connectivity index (χ0n) is 13.9. The normalized spacial score (nSPS) is 10.5. The van der Waals surface area contributed by atoms with Gasteiger partial charge in [-0.2, -0.15) is 0 Å². The number of halogens is 1. The largest absolute Gasteiger partial charge is 0.461 e. The van der Waals surface area contributed by atoms with Gasteiger partial charge >= 0.3 is 5.97 Å². The molecule has 1 N–H and O–H groups in total. The third-order valence-electron chi connectivity index (χ3n) is 3.48.